The Morgan fingerprint density at radius 3 is 2.62 bits per heavy atom. The van der Waals surface area contributed by atoms with E-state index >= 15 is 0 Å². The summed E-state index contributed by atoms with van der Waals surface area (Å²) in [5.41, 5.74) is -0.333. The van der Waals surface area contributed by atoms with Crippen LogP contribution in [0.1, 0.15) is 10.5 Å². The van der Waals surface area contributed by atoms with Crippen LogP contribution in [-0.4, -0.2) is 40.2 Å². The molecule has 0 saturated carbocycles. The summed E-state index contributed by atoms with van der Waals surface area (Å²) in [6.45, 7) is -0.209. The Bertz CT molecular complexity index is 789. The molecule has 0 radical (unpaired) electrons. The zero-order chi connectivity index (χ0) is 15.6. The Kier molecular flexibility index (Phi) is 3.98. The second kappa shape index (κ2) is 5.56. The molecule has 7 nitrogen and oxygen atoms in total. The first kappa shape index (κ1) is 15.0. The molecule has 0 spiro atoms. The molecule has 0 aliphatic carbocycles. The standard InChI is InChI=1S/C11H9F2N3O4S/c12-7-1-2-10(8(13)5-7)21(19,20)4-3-16-6-9(11(17)18)14-15-16/h1-2,5-6H,3-4H2,(H,17,18). The van der Waals surface area contributed by atoms with Crippen molar-refractivity contribution < 1.29 is 27.1 Å². The van der Waals surface area contributed by atoms with Crippen molar-refractivity contribution in [1.29, 1.82) is 0 Å². The van der Waals surface area contributed by atoms with E-state index in [1.807, 2.05) is 0 Å². The topological polar surface area (TPSA) is 102 Å². The molecule has 0 aliphatic rings. The number of aromatic carboxylic acids is 1. The molecule has 0 atom stereocenters. The summed E-state index contributed by atoms with van der Waals surface area (Å²) >= 11 is 0. The highest BCUT2D eigenvalue weighted by Crippen LogP contribution is 2.17. The molecule has 10 heteroatoms. The summed E-state index contributed by atoms with van der Waals surface area (Å²) in [4.78, 5) is 9.97. The van der Waals surface area contributed by atoms with Crippen molar-refractivity contribution in [3.05, 3.63) is 41.7 Å². The van der Waals surface area contributed by atoms with Crippen LogP contribution in [0.4, 0.5) is 8.78 Å². The van der Waals surface area contributed by atoms with Gasteiger partial charge >= 0.3 is 5.97 Å². The van der Waals surface area contributed by atoms with E-state index in [0.29, 0.717) is 6.07 Å². The first-order chi connectivity index (χ1) is 9.79. The van der Waals surface area contributed by atoms with Crippen molar-refractivity contribution in [2.75, 3.05) is 5.75 Å². The zero-order valence-electron chi connectivity index (χ0n) is 10.4. The summed E-state index contributed by atoms with van der Waals surface area (Å²) in [6, 6.07) is 2.16. The Hall–Kier alpha value is -2.36. The third kappa shape index (κ3) is 3.40. The minimum Gasteiger partial charge on any atom is -0.476 e. The lowest BCUT2D eigenvalue weighted by Crippen LogP contribution is -2.15. The second-order valence-electron chi connectivity index (χ2n) is 4.07. The SMILES string of the molecule is O=C(O)c1cn(CCS(=O)(=O)c2ccc(F)cc2F)nn1. The lowest BCUT2D eigenvalue weighted by Gasteiger charge is -2.05. The summed E-state index contributed by atoms with van der Waals surface area (Å²) in [7, 11) is -3.99. The van der Waals surface area contributed by atoms with Crippen LogP contribution < -0.4 is 0 Å². The van der Waals surface area contributed by atoms with Gasteiger partial charge in [-0.25, -0.2) is 22.0 Å². The van der Waals surface area contributed by atoms with Gasteiger partial charge in [0.1, 0.15) is 16.5 Å². The molecule has 1 aromatic heterocycles. The molecule has 1 aromatic carbocycles. The number of benzene rings is 1. The summed E-state index contributed by atoms with van der Waals surface area (Å²) < 4.78 is 51.1. The molecule has 0 unspecified atom stereocenters. The molecule has 2 rings (SSSR count). The maximum absolute atomic E-state index is 13.5. The highest BCUT2D eigenvalue weighted by molar-refractivity contribution is 7.91. The number of carbonyl (C=O) groups is 1. The number of hydrogen-bond donors (Lipinski definition) is 1. The van der Waals surface area contributed by atoms with Crippen molar-refractivity contribution in [3.63, 3.8) is 0 Å². The van der Waals surface area contributed by atoms with Crippen LogP contribution in [0.2, 0.25) is 0 Å². The van der Waals surface area contributed by atoms with Crippen molar-refractivity contribution in [3.8, 4) is 0 Å². The predicted molar refractivity (Wildman–Crippen MR) is 65.4 cm³/mol. The van der Waals surface area contributed by atoms with Crippen LogP contribution in [-0.2, 0) is 16.4 Å². The molecule has 0 fully saturated rings. The van der Waals surface area contributed by atoms with E-state index < -0.39 is 38.1 Å². The van der Waals surface area contributed by atoms with Gasteiger partial charge in [-0.2, -0.15) is 0 Å². The number of aryl methyl sites for hydroxylation is 1. The van der Waals surface area contributed by atoms with E-state index in [4.69, 9.17) is 5.11 Å². The van der Waals surface area contributed by atoms with Crippen LogP contribution in [0, 0.1) is 11.6 Å². The van der Waals surface area contributed by atoms with Crippen molar-refractivity contribution in [2.24, 2.45) is 0 Å². The van der Waals surface area contributed by atoms with E-state index in [0.717, 1.165) is 23.0 Å². The highest BCUT2D eigenvalue weighted by atomic mass is 32.2. The predicted octanol–water partition coefficient (Wildman–Crippen LogP) is 0.728. The second-order valence-corrected chi connectivity index (χ2v) is 6.14. The molecule has 2 aromatic rings. The van der Waals surface area contributed by atoms with Crippen LogP contribution in [0.3, 0.4) is 0 Å². The molecule has 0 aliphatic heterocycles. The van der Waals surface area contributed by atoms with Crippen LogP contribution in [0.5, 0.6) is 0 Å². The van der Waals surface area contributed by atoms with Gasteiger partial charge in [0.05, 0.1) is 18.5 Å². The maximum atomic E-state index is 13.5. The van der Waals surface area contributed by atoms with E-state index in [-0.39, 0.29) is 12.2 Å². The van der Waals surface area contributed by atoms with E-state index in [9.17, 15) is 22.0 Å². The van der Waals surface area contributed by atoms with E-state index in [1.165, 1.54) is 0 Å². The molecule has 112 valence electrons. The van der Waals surface area contributed by atoms with Crippen LogP contribution in [0.25, 0.3) is 0 Å². The molecule has 0 saturated heterocycles. The average Bonchev–Trinajstić information content (AvgIpc) is 2.85. The van der Waals surface area contributed by atoms with Gasteiger partial charge < -0.3 is 5.11 Å². The number of carboxylic acids is 1. The van der Waals surface area contributed by atoms with Crippen molar-refractivity contribution >= 4 is 15.8 Å². The average molecular weight is 317 g/mol. The smallest absolute Gasteiger partial charge is 0.358 e. The molecular formula is C11H9F2N3O4S. The number of halogens is 2. The fraction of sp³-hybridized carbons (Fsp3) is 0.182. The molecule has 0 bridgehead atoms. The molecule has 0 amide bonds. The maximum Gasteiger partial charge on any atom is 0.358 e. The van der Waals surface area contributed by atoms with Gasteiger partial charge in [-0.3, -0.25) is 4.68 Å². The summed E-state index contributed by atoms with van der Waals surface area (Å²) in [5.74, 6) is -3.89. The van der Waals surface area contributed by atoms with Gasteiger partial charge in [0.2, 0.25) is 0 Å². The number of nitrogens with zero attached hydrogens (tertiary/aromatic N) is 3. The quantitative estimate of drug-likeness (QED) is 0.816. The number of sulfone groups is 1. The summed E-state index contributed by atoms with van der Waals surface area (Å²) in [6.07, 6.45) is 1.05. The Labute approximate surface area is 117 Å². The van der Waals surface area contributed by atoms with Gasteiger partial charge in [0.15, 0.2) is 15.5 Å². The minimum absolute atomic E-state index is 0.209. The third-order valence-corrected chi connectivity index (χ3v) is 4.30. The van der Waals surface area contributed by atoms with Crippen molar-refractivity contribution in [2.45, 2.75) is 11.4 Å². The van der Waals surface area contributed by atoms with Crippen LogP contribution in [0.15, 0.2) is 29.3 Å². The van der Waals surface area contributed by atoms with Gasteiger partial charge in [-0.05, 0) is 12.1 Å². The monoisotopic (exact) mass is 317 g/mol. The van der Waals surface area contributed by atoms with Crippen LogP contribution >= 0.6 is 0 Å². The largest absolute Gasteiger partial charge is 0.476 e. The molecule has 1 N–H and O–H groups in total. The zero-order valence-corrected chi connectivity index (χ0v) is 11.2. The number of rotatable bonds is 5. The van der Waals surface area contributed by atoms with E-state index in [2.05, 4.69) is 10.3 Å². The molecule has 1 heterocycles. The molecule has 21 heavy (non-hydrogen) atoms. The fourth-order valence-corrected chi connectivity index (χ4v) is 2.84. The van der Waals surface area contributed by atoms with E-state index in [1.54, 1.807) is 0 Å². The number of hydrogen-bond acceptors (Lipinski definition) is 5. The number of aromatic nitrogens is 3. The molecular weight excluding hydrogens is 308 g/mol. The lowest BCUT2D eigenvalue weighted by molar-refractivity contribution is 0.0690. The fourth-order valence-electron chi connectivity index (χ4n) is 1.56. The Balaban J connectivity index is 2.15. The van der Waals surface area contributed by atoms with Crippen molar-refractivity contribution in [1.82, 2.24) is 15.0 Å². The number of carboxylic acid groups (broad SMARTS) is 1. The first-order valence-corrected chi connectivity index (χ1v) is 7.26. The summed E-state index contributed by atoms with van der Waals surface area (Å²) in [5, 5.41) is 15.4. The normalized spacial score (nSPS) is 11.5. The first-order valence-electron chi connectivity index (χ1n) is 5.61. The van der Waals surface area contributed by atoms with Gasteiger partial charge in [-0.15, -0.1) is 5.10 Å². The van der Waals surface area contributed by atoms with Gasteiger partial charge in [0.25, 0.3) is 0 Å². The third-order valence-electron chi connectivity index (χ3n) is 2.58. The lowest BCUT2D eigenvalue weighted by atomic mass is 10.3. The Morgan fingerprint density at radius 1 is 1.33 bits per heavy atom. The van der Waals surface area contributed by atoms with Gasteiger partial charge in [0, 0.05) is 6.07 Å². The Morgan fingerprint density at radius 2 is 2.05 bits per heavy atom. The highest BCUT2D eigenvalue weighted by Gasteiger charge is 2.20. The van der Waals surface area contributed by atoms with Gasteiger partial charge in [-0.1, -0.05) is 5.21 Å². The minimum atomic E-state index is -3.99.